The molecule has 1 fully saturated rings. The van der Waals surface area contributed by atoms with E-state index in [9.17, 15) is 13.2 Å². The van der Waals surface area contributed by atoms with Gasteiger partial charge >= 0.3 is 5.97 Å². The Bertz CT molecular complexity index is 640. The molecule has 0 radical (unpaired) electrons. The molecule has 7 heteroatoms. The molecule has 0 amide bonds. The zero-order chi connectivity index (χ0) is 14.8. The Kier molecular flexibility index (Phi) is 4.35. The van der Waals surface area contributed by atoms with Crippen LogP contribution in [0.5, 0.6) is 0 Å². The normalized spacial score (nSPS) is 18.4. The summed E-state index contributed by atoms with van der Waals surface area (Å²) in [4.78, 5) is 12.5. The van der Waals surface area contributed by atoms with E-state index in [-0.39, 0.29) is 11.5 Å². The van der Waals surface area contributed by atoms with Gasteiger partial charge < -0.3 is 10.0 Å². The third kappa shape index (κ3) is 3.74. The lowest BCUT2D eigenvalue weighted by Gasteiger charge is -2.30. The minimum atomic E-state index is -2.95. The fraction of sp³-hybridized carbons (Fsp3) is 0.308. The molecule has 0 bridgehead atoms. The summed E-state index contributed by atoms with van der Waals surface area (Å²) >= 11 is 5.92. The molecule has 1 saturated heterocycles. The van der Waals surface area contributed by atoms with Gasteiger partial charge in [0.2, 0.25) is 0 Å². The van der Waals surface area contributed by atoms with Crippen LogP contribution >= 0.6 is 11.6 Å². The number of hydrogen-bond donors (Lipinski definition) is 1. The van der Waals surface area contributed by atoms with Gasteiger partial charge in [-0.25, -0.2) is 13.2 Å². The van der Waals surface area contributed by atoms with E-state index in [1.54, 1.807) is 18.2 Å². The predicted octanol–water partition coefficient (Wildman–Crippen LogP) is 1.67. The Labute approximate surface area is 122 Å². The number of aliphatic carboxylic acids is 1. The Morgan fingerprint density at radius 3 is 2.55 bits per heavy atom. The molecular weight excluding hydrogens is 302 g/mol. The number of rotatable bonds is 3. The quantitative estimate of drug-likeness (QED) is 0.859. The zero-order valence-corrected chi connectivity index (χ0v) is 12.2. The molecule has 5 nitrogen and oxygen atoms in total. The van der Waals surface area contributed by atoms with Crippen molar-refractivity contribution in [2.75, 3.05) is 29.5 Å². The summed E-state index contributed by atoms with van der Waals surface area (Å²) in [6.07, 6.45) is 2.50. The summed E-state index contributed by atoms with van der Waals surface area (Å²) < 4.78 is 22.9. The van der Waals surface area contributed by atoms with Crippen LogP contribution in [0.3, 0.4) is 0 Å². The van der Waals surface area contributed by atoms with Gasteiger partial charge in [0.1, 0.15) is 0 Å². The molecule has 0 aliphatic carbocycles. The molecule has 1 aromatic carbocycles. The standard InChI is InChI=1S/C13H14ClNO4S/c14-11-2-3-12(10(9-11)1-4-13(16)17)15-5-7-20(18,19)8-6-15/h1-4,9H,5-8H2,(H,16,17)/b4-1+. The number of hydrogen-bond acceptors (Lipinski definition) is 4. The Hall–Kier alpha value is -1.53. The number of benzene rings is 1. The van der Waals surface area contributed by atoms with Gasteiger partial charge in [-0.3, -0.25) is 0 Å². The summed E-state index contributed by atoms with van der Waals surface area (Å²) in [7, 11) is -2.95. The van der Waals surface area contributed by atoms with E-state index in [0.29, 0.717) is 23.7 Å². The molecule has 1 aromatic rings. The highest BCUT2D eigenvalue weighted by molar-refractivity contribution is 7.91. The maximum atomic E-state index is 11.4. The van der Waals surface area contributed by atoms with Gasteiger partial charge in [0.15, 0.2) is 9.84 Å². The van der Waals surface area contributed by atoms with Gasteiger partial charge in [0.05, 0.1) is 11.5 Å². The fourth-order valence-electron chi connectivity index (χ4n) is 2.06. The zero-order valence-electron chi connectivity index (χ0n) is 10.6. The molecule has 1 aliphatic heterocycles. The Morgan fingerprint density at radius 2 is 1.95 bits per heavy atom. The van der Waals surface area contributed by atoms with Crippen molar-refractivity contribution >= 4 is 39.2 Å². The first-order valence-corrected chi connectivity index (χ1v) is 8.23. The molecule has 1 heterocycles. The van der Waals surface area contributed by atoms with Crippen molar-refractivity contribution in [1.29, 1.82) is 0 Å². The number of sulfone groups is 1. The number of halogens is 1. The average molecular weight is 316 g/mol. The summed E-state index contributed by atoms with van der Waals surface area (Å²) in [5.41, 5.74) is 1.46. The minimum Gasteiger partial charge on any atom is -0.478 e. The minimum absolute atomic E-state index is 0.109. The van der Waals surface area contributed by atoms with Crippen LogP contribution in [0, 0.1) is 0 Å². The van der Waals surface area contributed by atoms with Crippen LogP contribution in [0.1, 0.15) is 5.56 Å². The smallest absolute Gasteiger partial charge is 0.328 e. The van der Waals surface area contributed by atoms with Crippen molar-refractivity contribution in [3.8, 4) is 0 Å². The number of anilines is 1. The molecule has 1 aliphatic rings. The van der Waals surface area contributed by atoms with Crippen molar-refractivity contribution in [3.63, 3.8) is 0 Å². The monoisotopic (exact) mass is 315 g/mol. The number of carboxylic acids is 1. The highest BCUT2D eigenvalue weighted by Gasteiger charge is 2.22. The Morgan fingerprint density at radius 1 is 1.30 bits per heavy atom. The van der Waals surface area contributed by atoms with E-state index in [2.05, 4.69) is 0 Å². The molecule has 0 spiro atoms. The van der Waals surface area contributed by atoms with Crippen LogP contribution in [0.15, 0.2) is 24.3 Å². The summed E-state index contributed by atoms with van der Waals surface area (Å²) in [5, 5.41) is 9.20. The van der Waals surface area contributed by atoms with Gasteiger partial charge in [-0.15, -0.1) is 0 Å². The van der Waals surface area contributed by atoms with Crippen LogP contribution in [-0.4, -0.2) is 44.1 Å². The summed E-state index contributed by atoms with van der Waals surface area (Å²) in [6.45, 7) is 0.801. The first-order chi connectivity index (χ1) is 9.37. The third-order valence-corrected chi connectivity index (χ3v) is 4.92. The van der Waals surface area contributed by atoms with Crippen molar-refractivity contribution < 1.29 is 18.3 Å². The van der Waals surface area contributed by atoms with Crippen molar-refractivity contribution in [3.05, 3.63) is 34.9 Å². The van der Waals surface area contributed by atoms with Crippen molar-refractivity contribution in [1.82, 2.24) is 0 Å². The lowest BCUT2D eigenvalue weighted by molar-refractivity contribution is -0.131. The van der Waals surface area contributed by atoms with E-state index >= 15 is 0 Å². The fourth-order valence-corrected chi connectivity index (χ4v) is 3.44. The maximum Gasteiger partial charge on any atom is 0.328 e. The molecule has 1 N–H and O–H groups in total. The second kappa shape index (κ2) is 5.85. The van der Waals surface area contributed by atoms with E-state index in [1.807, 2.05) is 4.90 Å². The van der Waals surface area contributed by atoms with Gasteiger partial charge in [0, 0.05) is 29.9 Å². The summed E-state index contributed by atoms with van der Waals surface area (Å²) in [5.74, 6) is -0.827. The molecule has 2 rings (SSSR count). The average Bonchev–Trinajstić information content (AvgIpc) is 2.37. The molecule has 0 saturated carbocycles. The van der Waals surface area contributed by atoms with Gasteiger partial charge in [-0.2, -0.15) is 0 Å². The van der Waals surface area contributed by atoms with Crippen LogP contribution in [-0.2, 0) is 14.6 Å². The van der Waals surface area contributed by atoms with Crippen molar-refractivity contribution in [2.45, 2.75) is 0 Å². The first kappa shape index (κ1) is 14.9. The SMILES string of the molecule is O=C(O)/C=C/c1cc(Cl)ccc1N1CCS(=O)(=O)CC1. The lowest BCUT2D eigenvalue weighted by atomic mass is 10.1. The number of carbonyl (C=O) groups is 1. The van der Waals surface area contributed by atoms with Gasteiger partial charge in [0.25, 0.3) is 0 Å². The number of carboxylic acid groups (broad SMARTS) is 1. The van der Waals surface area contributed by atoms with Crippen LogP contribution in [0.4, 0.5) is 5.69 Å². The number of nitrogens with zero attached hydrogens (tertiary/aromatic N) is 1. The largest absolute Gasteiger partial charge is 0.478 e. The van der Waals surface area contributed by atoms with Crippen LogP contribution in [0.25, 0.3) is 6.08 Å². The molecule has 108 valence electrons. The second-order valence-corrected chi connectivity index (χ2v) is 7.25. The summed E-state index contributed by atoms with van der Waals surface area (Å²) in [6, 6.07) is 5.15. The molecule has 0 atom stereocenters. The predicted molar refractivity (Wildman–Crippen MR) is 79.0 cm³/mol. The maximum absolute atomic E-state index is 11.4. The van der Waals surface area contributed by atoms with Crippen LogP contribution in [0.2, 0.25) is 5.02 Å². The molecule has 0 unspecified atom stereocenters. The molecular formula is C13H14ClNO4S. The van der Waals surface area contributed by atoms with Crippen LogP contribution < -0.4 is 4.90 Å². The molecule has 0 aromatic heterocycles. The second-order valence-electron chi connectivity index (χ2n) is 4.51. The lowest BCUT2D eigenvalue weighted by Crippen LogP contribution is -2.40. The molecule has 20 heavy (non-hydrogen) atoms. The topological polar surface area (TPSA) is 74.7 Å². The van der Waals surface area contributed by atoms with Crippen molar-refractivity contribution in [2.24, 2.45) is 0 Å². The highest BCUT2D eigenvalue weighted by Crippen LogP contribution is 2.27. The van der Waals surface area contributed by atoms with E-state index in [0.717, 1.165) is 11.8 Å². The van der Waals surface area contributed by atoms with Gasteiger partial charge in [-0.05, 0) is 29.8 Å². The van der Waals surface area contributed by atoms with E-state index in [1.165, 1.54) is 6.08 Å². The van der Waals surface area contributed by atoms with E-state index < -0.39 is 15.8 Å². The van der Waals surface area contributed by atoms with Gasteiger partial charge in [-0.1, -0.05) is 11.6 Å². The first-order valence-electron chi connectivity index (χ1n) is 6.03. The highest BCUT2D eigenvalue weighted by atomic mass is 35.5. The third-order valence-electron chi connectivity index (χ3n) is 3.08. The Balaban J connectivity index is 2.29. The van der Waals surface area contributed by atoms with E-state index in [4.69, 9.17) is 16.7 Å².